The minimum atomic E-state index is -4.89. The highest BCUT2D eigenvalue weighted by molar-refractivity contribution is 5.41. The predicted molar refractivity (Wildman–Crippen MR) is 79.8 cm³/mol. The lowest BCUT2D eigenvalue weighted by Crippen LogP contribution is -2.41. The van der Waals surface area contributed by atoms with Crippen molar-refractivity contribution in [2.24, 2.45) is 0 Å². The highest BCUT2D eigenvalue weighted by atomic mass is 19.4. The zero-order valence-corrected chi connectivity index (χ0v) is 13.1. The SMILES string of the molecule is O=[N+]([O-])c1cn2c(n1)OC[C@@H](NCc1ccc(OC(F)(F)F)c(O)c1)C2. The highest BCUT2D eigenvalue weighted by Crippen LogP contribution is 2.32. The first-order valence-electron chi connectivity index (χ1n) is 7.36. The van der Waals surface area contributed by atoms with E-state index < -0.39 is 22.8 Å². The first-order valence-corrected chi connectivity index (χ1v) is 7.36. The van der Waals surface area contributed by atoms with E-state index in [2.05, 4.69) is 15.0 Å². The van der Waals surface area contributed by atoms with Crippen molar-refractivity contribution in [3.63, 3.8) is 0 Å². The summed E-state index contributed by atoms with van der Waals surface area (Å²) in [6, 6.07) is 3.51. The Kier molecular flexibility index (Phi) is 4.59. The number of phenolic OH excluding ortho intramolecular Hbond substituents is 1. The van der Waals surface area contributed by atoms with Crippen molar-refractivity contribution < 1.29 is 32.7 Å². The Morgan fingerprint density at radius 1 is 1.50 bits per heavy atom. The van der Waals surface area contributed by atoms with Gasteiger partial charge in [-0.3, -0.25) is 4.57 Å². The summed E-state index contributed by atoms with van der Waals surface area (Å²) in [5.74, 6) is -1.63. The molecule has 1 atom stereocenters. The van der Waals surface area contributed by atoms with Gasteiger partial charge >= 0.3 is 18.2 Å². The van der Waals surface area contributed by atoms with Crippen molar-refractivity contribution in [3.8, 4) is 17.5 Å². The lowest BCUT2D eigenvalue weighted by molar-refractivity contribution is -0.389. The molecule has 1 aromatic carbocycles. The zero-order chi connectivity index (χ0) is 18.9. The molecule has 1 aliphatic heterocycles. The number of hydrogen-bond acceptors (Lipinski definition) is 7. The maximum Gasteiger partial charge on any atom is 0.573 e. The first kappa shape index (κ1) is 17.8. The van der Waals surface area contributed by atoms with E-state index in [1.165, 1.54) is 16.8 Å². The van der Waals surface area contributed by atoms with Gasteiger partial charge in [-0.15, -0.1) is 13.2 Å². The third-order valence-corrected chi connectivity index (χ3v) is 3.59. The summed E-state index contributed by atoms with van der Waals surface area (Å²) in [6.45, 7) is 0.826. The molecule has 12 heteroatoms. The lowest BCUT2D eigenvalue weighted by atomic mass is 10.2. The van der Waals surface area contributed by atoms with Crippen molar-refractivity contribution in [2.75, 3.05) is 6.61 Å². The topological polar surface area (TPSA) is 112 Å². The molecule has 0 bridgehead atoms. The van der Waals surface area contributed by atoms with E-state index in [1.54, 1.807) is 0 Å². The Labute approximate surface area is 144 Å². The fourth-order valence-corrected chi connectivity index (χ4v) is 2.45. The molecule has 26 heavy (non-hydrogen) atoms. The first-order chi connectivity index (χ1) is 12.2. The number of aromatic nitrogens is 2. The van der Waals surface area contributed by atoms with Crippen LogP contribution in [-0.2, 0) is 13.1 Å². The molecule has 0 aliphatic carbocycles. The number of aromatic hydroxyl groups is 1. The molecule has 0 unspecified atom stereocenters. The molecule has 1 aliphatic rings. The monoisotopic (exact) mass is 374 g/mol. The number of nitrogens with zero attached hydrogens (tertiary/aromatic N) is 3. The molecular formula is C14H13F3N4O5. The number of halogens is 3. The van der Waals surface area contributed by atoms with E-state index in [4.69, 9.17) is 4.74 Å². The van der Waals surface area contributed by atoms with E-state index >= 15 is 0 Å². The minimum Gasteiger partial charge on any atom is -0.504 e. The predicted octanol–water partition coefficient (Wildman–Crippen LogP) is 1.95. The van der Waals surface area contributed by atoms with Crippen molar-refractivity contribution in [2.45, 2.75) is 25.5 Å². The van der Waals surface area contributed by atoms with Crippen LogP contribution in [0.5, 0.6) is 17.5 Å². The summed E-state index contributed by atoms with van der Waals surface area (Å²) in [5, 5.41) is 23.4. The van der Waals surface area contributed by atoms with Gasteiger partial charge in [0, 0.05) is 18.1 Å². The van der Waals surface area contributed by atoms with Crippen LogP contribution in [0.25, 0.3) is 0 Å². The van der Waals surface area contributed by atoms with Gasteiger partial charge in [0.15, 0.2) is 11.5 Å². The van der Waals surface area contributed by atoms with E-state index in [0.29, 0.717) is 12.1 Å². The molecule has 0 saturated heterocycles. The van der Waals surface area contributed by atoms with Crippen molar-refractivity contribution in [1.29, 1.82) is 0 Å². The third kappa shape index (κ3) is 4.14. The molecular weight excluding hydrogens is 361 g/mol. The normalized spacial score (nSPS) is 16.7. The highest BCUT2D eigenvalue weighted by Gasteiger charge is 2.32. The van der Waals surface area contributed by atoms with Crippen molar-refractivity contribution in [3.05, 3.63) is 40.1 Å². The molecule has 2 heterocycles. The second-order valence-electron chi connectivity index (χ2n) is 5.53. The maximum absolute atomic E-state index is 12.2. The summed E-state index contributed by atoms with van der Waals surface area (Å²) in [6.07, 6.45) is -3.62. The molecule has 140 valence electrons. The summed E-state index contributed by atoms with van der Waals surface area (Å²) < 4.78 is 47.1. The van der Waals surface area contributed by atoms with E-state index in [9.17, 15) is 28.4 Å². The Hall–Kier alpha value is -3.02. The molecule has 3 rings (SSSR count). The standard InChI is InChI=1S/C14H13F3N4O5/c15-14(16,17)26-11-2-1-8(3-10(11)22)4-18-9-5-20-6-12(21(23)24)19-13(20)25-7-9/h1-3,6,9,18,22H,4-5,7H2/t9-/m0/s1. The fourth-order valence-electron chi connectivity index (χ4n) is 2.45. The fraction of sp³-hybridized carbons (Fsp3) is 0.357. The molecule has 0 spiro atoms. The Morgan fingerprint density at radius 3 is 2.92 bits per heavy atom. The number of phenols is 1. The number of nitro groups is 1. The van der Waals surface area contributed by atoms with Crippen LogP contribution in [0.4, 0.5) is 19.0 Å². The number of hydrogen-bond donors (Lipinski definition) is 2. The number of rotatable bonds is 5. The van der Waals surface area contributed by atoms with Gasteiger partial charge in [0.05, 0.1) is 6.04 Å². The molecule has 0 radical (unpaired) electrons. The van der Waals surface area contributed by atoms with Crippen LogP contribution < -0.4 is 14.8 Å². The van der Waals surface area contributed by atoms with Crippen LogP contribution in [0.3, 0.4) is 0 Å². The van der Waals surface area contributed by atoms with Gasteiger partial charge in [-0.25, -0.2) is 0 Å². The van der Waals surface area contributed by atoms with Crippen molar-refractivity contribution in [1.82, 2.24) is 14.9 Å². The van der Waals surface area contributed by atoms with Gasteiger partial charge < -0.3 is 30.0 Å². The van der Waals surface area contributed by atoms with Crippen LogP contribution >= 0.6 is 0 Å². The van der Waals surface area contributed by atoms with Crippen molar-refractivity contribution >= 4 is 5.82 Å². The lowest BCUT2D eigenvalue weighted by Gasteiger charge is -2.23. The number of nitrogens with one attached hydrogen (secondary N) is 1. The van der Waals surface area contributed by atoms with Gasteiger partial charge in [0.25, 0.3) is 0 Å². The second-order valence-corrected chi connectivity index (χ2v) is 5.53. The Bertz CT molecular complexity index is 823. The summed E-state index contributed by atoms with van der Waals surface area (Å²) in [7, 11) is 0. The summed E-state index contributed by atoms with van der Waals surface area (Å²) >= 11 is 0. The number of imidazole rings is 1. The maximum atomic E-state index is 12.2. The molecule has 2 aromatic rings. The Morgan fingerprint density at radius 2 is 2.27 bits per heavy atom. The van der Waals surface area contributed by atoms with Gasteiger partial charge in [-0.05, 0) is 22.6 Å². The van der Waals surface area contributed by atoms with Gasteiger partial charge in [0.1, 0.15) is 12.8 Å². The van der Waals surface area contributed by atoms with E-state index in [1.807, 2.05) is 0 Å². The number of alkyl halides is 3. The summed E-state index contributed by atoms with van der Waals surface area (Å²) in [4.78, 5) is 13.8. The third-order valence-electron chi connectivity index (χ3n) is 3.59. The number of benzene rings is 1. The van der Waals surface area contributed by atoms with Gasteiger partial charge in [-0.2, -0.15) is 0 Å². The quantitative estimate of drug-likeness (QED) is 0.608. The van der Waals surface area contributed by atoms with Crippen LogP contribution in [0.2, 0.25) is 0 Å². The molecule has 0 saturated carbocycles. The minimum absolute atomic E-state index is 0.154. The number of ether oxygens (including phenoxy) is 2. The molecule has 0 amide bonds. The molecule has 1 aromatic heterocycles. The summed E-state index contributed by atoms with van der Waals surface area (Å²) in [5.41, 5.74) is 0.527. The average Bonchev–Trinajstić information content (AvgIpc) is 2.97. The van der Waals surface area contributed by atoms with Crippen LogP contribution in [0, 0.1) is 10.1 Å². The smallest absolute Gasteiger partial charge is 0.504 e. The van der Waals surface area contributed by atoms with Crippen LogP contribution in [0.1, 0.15) is 5.56 Å². The van der Waals surface area contributed by atoms with E-state index in [-0.39, 0.29) is 31.0 Å². The second kappa shape index (κ2) is 6.71. The molecule has 0 fully saturated rings. The van der Waals surface area contributed by atoms with E-state index in [0.717, 1.165) is 12.1 Å². The molecule has 9 nitrogen and oxygen atoms in total. The number of fused-ring (bicyclic) bond motifs is 1. The Balaban J connectivity index is 1.59. The van der Waals surface area contributed by atoms with Gasteiger partial charge in [-0.1, -0.05) is 6.07 Å². The average molecular weight is 374 g/mol. The largest absolute Gasteiger partial charge is 0.573 e. The van der Waals surface area contributed by atoms with Gasteiger partial charge in [0.2, 0.25) is 0 Å². The van der Waals surface area contributed by atoms with Crippen LogP contribution in [0.15, 0.2) is 24.4 Å². The zero-order valence-electron chi connectivity index (χ0n) is 13.1. The van der Waals surface area contributed by atoms with Crippen LogP contribution in [-0.4, -0.2) is 38.6 Å². The molecule has 2 N–H and O–H groups in total.